The third-order valence-corrected chi connectivity index (χ3v) is 4.87. The normalized spacial score (nSPS) is 14.3. The zero-order chi connectivity index (χ0) is 25.3. The molecule has 0 aliphatic heterocycles. The second-order valence-electron chi connectivity index (χ2n) is 7.60. The van der Waals surface area contributed by atoms with Crippen LogP contribution in [0, 0.1) is 0 Å². The summed E-state index contributed by atoms with van der Waals surface area (Å²) < 4.78 is 0. The number of carbonyl (C=O) groups is 4. The number of nitrogens with two attached hydrogens (primary N) is 1. The number of amides is 3. The van der Waals surface area contributed by atoms with E-state index in [-0.39, 0.29) is 25.1 Å². The number of aromatic amines is 1. The lowest BCUT2D eigenvalue weighted by molar-refractivity contribution is -0.145. The van der Waals surface area contributed by atoms with Crippen molar-refractivity contribution in [1.82, 2.24) is 25.9 Å². The van der Waals surface area contributed by atoms with Gasteiger partial charge in [0, 0.05) is 24.7 Å². The number of benzene rings is 1. The molecule has 1 aromatic heterocycles. The van der Waals surface area contributed by atoms with Crippen LogP contribution in [0.1, 0.15) is 18.2 Å². The van der Waals surface area contributed by atoms with Gasteiger partial charge in [0.15, 0.2) is 6.04 Å². The number of aromatic nitrogens is 2. The van der Waals surface area contributed by atoms with Crippen molar-refractivity contribution in [2.24, 2.45) is 5.73 Å². The number of phenols is 1. The second-order valence-corrected chi connectivity index (χ2v) is 7.60. The molecule has 2 rings (SSSR count). The molecular weight excluding hydrogens is 448 g/mol. The van der Waals surface area contributed by atoms with Gasteiger partial charge in [-0.1, -0.05) is 12.1 Å². The van der Waals surface area contributed by atoms with Crippen LogP contribution in [0.4, 0.5) is 0 Å². The number of aliphatic carboxylic acids is 1. The monoisotopic (exact) mass is 476 g/mol. The molecule has 13 nitrogen and oxygen atoms in total. The maximum absolute atomic E-state index is 13.1. The molecule has 13 heteroatoms. The van der Waals surface area contributed by atoms with E-state index in [1.54, 1.807) is 12.1 Å². The number of rotatable bonds is 12. The Bertz CT molecular complexity index is 978. The predicted molar refractivity (Wildman–Crippen MR) is 118 cm³/mol. The number of carbonyl (C=O) groups excluding carboxylic acids is 3. The third kappa shape index (κ3) is 7.86. The fraction of sp³-hybridized carbons (Fsp3) is 0.381. The van der Waals surface area contributed by atoms with Gasteiger partial charge in [0.1, 0.15) is 17.8 Å². The van der Waals surface area contributed by atoms with Crippen LogP contribution in [0.5, 0.6) is 5.75 Å². The first-order chi connectivity index (χ1) is 16.1. The van der Waals surface area contributed by atoms with Gasteiger partial charge < -0.3 is 42.0 Å². The lowest BCUT2D eigenvalue weighted by Gasteiger charge is -2.25. The zero-order valence-corrected chi connectivity index (χ0v) is 18.4. The minimum Gasteiger partial charge on any atom is -0.508 e. The first-order valence-electron chi connectivity index (χ1n) is 10.4. The average molecular weight is 476 g/mol. The summed E-state index contributed by atoms with van der Waals surface area (Å²) in [5.41, 5.74) is 6.45. The lowest BCUT2D eigenvalue weighted by Crippen LogP contribution is -2.58. The highest BCUT2D eigenvalue weighted by molar-refractivity contribution is 5.94. The van der Waals surface area contributed by atoms with Crippen LogP contribution in [-0.2, 0) is 32.0 Å². The Morgan fingerprint density at radius 2 is 1.65 bits per heavy atom. The van der Waals surface area contributed by atoms with Gasteiger partial charge >= 0.3 is 5.97 Å². The Morgan fingerprint density at radius 1 is 1.03 bits per heavy atom. The molecular formula is C21H28N6O7. The largest absolute Gasteiger partial charge is 0.508 e. The van der Waals surface area contributed by atoms with Crippen molar-refractivity contribution in [2.75, 3.05) is 6.54 Å². The van der Waals surface area contributed by atoms with Crippen molar-refractivity contribution in [2.45, 2.75) is 44.0 Å². The Balaban J connectivity index is 2.24. The summed E-state index contributed by atoms with van der Waals surface area (Å²) in [7, 11) is 0. The standard InChI is InChI=1S/C21H28N6O7/c1-11(28)18(21(33)34)27-20(32)16(7-13-9-23-10-24-13)26-19(31)15(25-17(30)8-22)6-12-2-4-14(29)5-3-12/h2-5,9-11,15-16,18,28-29H,6-8,22H2,1H3,(H,23,24)(H,25,30)(H,26,31)(H,27,32)(H,33,34). The van der Waals surface area contributed by atoms with E-state index < -0.39 is 47.9 Å². The maximum atomic E-state index is 13.1. The molecule has 1 aromatic carbocycles. The van der Waals surface area contributed by atoms with Gasteiger partial charge in [-0.2, -0.15) is 0 Å². The highest BCUT2D eigenvalue weighted by atomic mass is 16.4. The van der Waals surface area contributed by atoms with Gasteiger partial charge in [-0.25, -0.2) is 9.78 Å². The topological polar surface area (TPSA) is 220 Å². The molecule has 3 amide bonds. The van der Waals surface area contributed by atoms with Crippen molar-refractivity contribution in [1.29, 1.82) is 0 Å². The van der Waals surface area contributed by atoms with Gasteiger partial charge in [-0.05, 0) is 24.6 Å². The molecule has 0 spiro atoms. The summed E-state index contributed by atoms with van der Waals surface area (Å²) in [5, 5.41) is 35.6. The van der Waals surface area contributed by atoms with Crippen LogP contribution in [0.2, 0.25) is 0 Å². The molecule has 1 heterocycles. The molecule has 4 unspecified atom stereocenters. The summed E-state index contributed by atoms with van der Waals surface area (Å²) >= 11 is 0. The number of hydrogen-bond acceptors (Lipinski definition) is 8. The van der Waals surface area contributed by atoms with Gasteiger partial charge in [0.2, 0.25) is 17.7 Å². The van der Waals surface area contributed by atoms with Crippen LogP contribution >= 0.6 is 0 Å². The molecule has 0 saturated heterocycles. The molecule has 9 N–H and O–H groups in total. The average Bonchev–Trinajstić information content (AvgIpc) is 3.30. The fourth-order valence-corrected chi connectivity index (χ4v) is 3.07. The molecule has 0 saturated carbocycles. The van der Waals surface area contributed by atoms with E-state index in [1.807, 2.05) is 0 Å². The fourth-order valence-electron chi connectivity index (χ4n) is 3.07. The van der Waals surface area contributed by atoms with E-state index in [1.165, 1.54) is 31.6 Å². The summed E-state index contributed by atoms with van der Waals surface area (Å²) in [6, 6.07) is 2.00. The number of carboxylic acid groups (broad SMARTS) is 1. The summed E-state index contributed by atoms with van der Waals surface area (Å²) in [6.07, 6.45) is 1.37. The first-order valence-corrected chi connectivity index (χ1v) is 10.4. The van der Waals surface area contributed by atoms with Gasteiger partial charge in [0.25, 0.3) is 0 Å². The predicted octanol–water partition coefficient (Wildman–Crippen LogP) is -2.22. The Morgan fingerprint density at radius 3 is 2.18 bits per heavy atom. The number of nitrogens with one attached hydrogen (secondary N) is 4. The smallest absolute Gasteiger partial charge is 0.328 e. The number of nitrogens with zero attached hydrogens (tertiary/aromatic N) is 1. The van der Waals surface area contributed by atoms with E-state index in [0.717, 1.165) is 0 Å². The SMILES string of the molecule is CC(O)C(NC(=O)C(Cc1cnc[nH]1)NC(=O)C(Cc1ccc(O)cc1)NC(=O)CN)C(=O)O. The van der Waals surface area contributed by atoms with E-state index in [2.05, 4.69) is 25.9 Å². The quantitative estimate of drug-likeness (QED) is 0.166. The number of aromatic hydroxyl groups is 1. The van der Waals surface area contributed by atoms with Crippen molar-refractivity contribution >= 4 is 23.7 Å². The molecule has 184 valence electrons. The molecule has 0 bridgehead atoms. The van der Waals surface area contributed by atoms with Gasteiger partial charge in [0.05, 0.1) is 19.0 Å². The summed E-state index contributed by atoms with van der Waals surface area (Å²) in [5.74, 6) is -3.61. The minimum atomic E-state index is -1.60. The van der Waals surface area contributed by atoms with Crippen molar-refractivity contribution in [3.05, 3.63) is 48.0 Å². The third-order valence-electron chi connectivity index (χ3n) is 4.87. The number of aliphatic hydroxyl groups excluding tert-OH is 1. The lowest BCUT2D eigenvalue weighted by atomic mass is 10.0. The molecule has 0 aliphatic carbocycles. The second kappa shape index (κ2) is 12.3. The number of phenolic OH excluding ortho intramolecular Hbond substituents is 1. The van der Waals surface area contributed by atoms with Crippen molar-refractivity contribution in [3.8, 4) is 5.75 Å². The molecule has 4 atom stereocenters. The summed E-state index contributed by atoms with van der Waals surface area (Å²) in [4.78, 5) is 55.8. The van der Waals surface area contributed by atoms with E-state index in [0.29, 0.717) is 11.3 Å². The van der Waals surface area contributed by atoms with Gasteiger partial charge in [-0.15, -0.1) is 0 Å². The van der Waals surface area contributed by atoms with Crippen LogP contribution in [-0.4, -0.2) is 79.8 Å². The van der Waals surface area contributed by atoms with Crippen LogP contribution in [0.15, 0.2) is 36.8 Å². The molecule has 0 radical (unpaired) electrons. The van der Waals surface area contributed by atoms with E-state index in [4.69, 9.17) is 5.73 Å². The molecule has 0 aliphatic rings. The van der Waals surface area contributed by atoms with Gasteiger partial charge in [-0.3, -0.25) is 14.4 Å². The number of imidazole rings is 1. The Labute approximate surface area is 194 Å². The minimum absolute atomic E-state index is 0.0261. The van der Waals surface area contributed by atoms with Crippen molar-refractivity contribution in [3.63, 3.8) is 0 Å². The van der Waals surface area contributed by atoms with E-state index >= 15 is 0 Å². The number of hydrogen-bond donors (Lipinski definition) is 8. The number of H-pyrrole nitrogens is 1. The first kappa shape index (κ1) is 26.3. The maximum Gasteiger partial charge on any atom is 0.328 e. The zero-order valence-electron chi connectivity index (χ0n) is 18.4. The van der Waals surface area contributed by atoms with E-state index in [9.17, 15) is 34.5 Å². The van der Waals surface area contributed by atoms with Crippen LogP contribution < -0.4 is 21.7 Å². The molecule has 34 heavy (non-hydrogen) atoms. The summed E-state index contributed by atoms with van der Waals surface area (Å²) in [6.45, 7) is 0.837. The number of aliphatic hydroxyl groups is 1. The molecule has 2 aromatic rings. The van der Waals surface area contributed by atoms with Crippen molar-refractivity contribution < 1.29 is 34.5 Å². The highest BCUT2D eigenvalue weighted by Gasteiger charge is 2.31. The molecule has 0 fully saturated rings. The highest BCUT2D eigenvalue weighted by Crippen LogP contribution is 2.12. The Hall–Kier alpha value is -3.97. The van der Waals surface area contributed by atoms with Crippen LogP contribution in [0.25, 0.3) is 0 Å². The van der Waals surface area contributed by atoms with Crippen LogP contribution in [0.3, 0.4) is 0 Å². The number of carboxylic acids is 1. The Kier molecular flexibility index (Phi) is 9.52.